The fourth-order valence-corrected chi connectivity index (χ4v) is 3.19. The lowest BCUT2D eigenvalue weighted by Gasteiger charge is -2.22. The van der Waals surface area contributed by atoms with Crippen LogP contribution in [-0.2, 0) is 5.60 Å². The Bertz CT molecular complexity index is 726. The number of carbonyl (C=O) groups excluding carboxylic acids is 1. The van der Waals surface area contributed by atoms with Gasteiger partial charge in [-0.05, 0) is 30.5 Å². The second kappa shape index (κ2) is 5.35. The minimum absolute atomic E-state index is 0.143. The monoisotopic (exact) mass is 301 g/mol. The first-order valence-electron chi connectivity index (χ1n) is 6.58. The van der Waals surface area contributed by atoms with E-state index in [0.29, 0.717) is 5.56 Å². The molecule has 2 N–H and O–H groups in total. The van der Waals surface area contributed by atoms with Crippen LogP contribution in [0.15, 0.2) is 53.3 Å². The summed E-state index contributed by atoms with van der Waals surface area (Å²) in [5.74, 6) is -0.259. The Morgan fingerprint density at radius 1 is 1.38 bits per heavy atom. The number of carbonyl (C=O) groups is 1. The molecule has 4 nitrogen and oxygen atoms in total. The third-order valence-electron chi connectivity index (χ3n) is 3.33. The van der Waals surface area contributed by atoms with Gasteiger partial charge in [0.05, 0.1) is 18.4 Å². The van der Waals surface area contributed by atoms with Crippen LogP contribution in [0.3, 0.4) is 0 Å². The Morgan fingerprint density at radius 3 is 2.90 bits per heavy atom. The third kappa shape index (κ3) is 2.84. The molecule has 1 aromatic carbocycles. The normalized spacial score (nSPS) is 14.0. The zero-order valence-electron chi connectivity index (χ0n) is 11.5. The fourth-order valence-electron chi connectivity index (χ4n) is 2.08. The largest absolute Gasteiger partial charge is 0.472 e. The number of aliphatic hydroxyl groups is 1. The van der Waals surface area contributed by atoms with Gasteiger partial charge in [-0.3, -0.25) is 4.79 Å². The minimum Gasteiger partial charge on any atom is -0.472 e. The van der Waals surface area contributed by atoms with Gasteiger partial charge >= 0.3 is 0 Å². The van der Waals surface area contributed by atoms with Crippen molar-refractivity contribution in [1.82, 2.24) is 5.32 Å². The molecule has 0 aliphatic rings. The highest BCUT2D eigenvalue weighted by atomic mass is 32.1. The number of hydrogen-bond acceptors (Lipinski definition) is 4. The second-order valence-electron chi connectivity index (χ2n) is 5.12. The van der Waals surface area contributed by atoms with Gasteiger partial charge in [-0.25, -0.2) is 0 Å². The van der Waals surface area contributed by atoms with Crippen molar-refractivity contribution in [1.29, 1.82) is 0 Å². The summed E-state index contributed by atoms with van der Waals surface area (Å²) in [5, 5.41) is 14.4. The van der Waals surface area contributed by atoms with Crippen LogP contribution in [0.1, 0.15) is 22.2 Å². The molecule has 21 heavy (non-hydrogen) atoms. The number of rotatable bonds is 4. The summed E-state index contributed by atoms with van der Waals surface area (Å²) in [5.41, 5.74) is -0.662. The van der Waals surface area contributed by atoms with Crippen LogP contribution in [0.4, 0.5) is 0 Å². The Balaban J connectivity index is 1.75. The van der Waals surface area contributed by atoms with Gasteiger partial charge in [0, 0.05) is 9.58 Å². The first kappa shape index (κ1) is 13.9. The number of furan rings is 1. The van der Waals surface area contributed by atoms with Crippen molar-refractivity contribution in [2.75, 3.05) is 6.54 Å². The fraction of sp³-hybridized carbons (Fsp3) is 0.188. The molecule has 2 aromatic heterocycles. The van der Waals surface area contributed by atoms with Gasteiger partial charge in [0.15, 0.2) is 0 Å². The Hall–Kier alpha value is -2.11. The molecule has 0 saturated carbocycles. The maximum absolute atomic E-state index is 11.9. The average Bonchev–Trinajstić information content (AvgIpc) is 3.13. The molecule has 0 bridgehead atoms. The van der Waals surface area contributed by atoms with Crippen molar-refractivity contribution in [3.8, 4) is 0 Å². The molecular weight excluding hydrogens is 286 g/mol. The second-order valence-corrected chi connectivity index (χ2v) is 6.20. The summed E-state index contributed by atoms with van der Waals surface area (Å²) in [6.07, 6.45) is 2.82. The summed E-state index contributed by atoms with van der Waals surface area (Å²) in [6.45, 7) is 1.84. The quantitative estimate of drug-likeness (QED) is 0.778. The highest BCUT2D eigenvalue weighted by molar-refractivity contribution is 7.19. The predicted octanol–water partition coefficient (Wildman–Crippen LogP) is 3.13. The van der Waals surface area contributed by atoms with E-state index in [1.807, 2.05) is 30.3 Å². The summed E-state index contributed by atoms with van der Waals surface area (Å²) in [6, 6.07) is 11.5. The molecule has 1 unspecified atom stereocenters. The van der Waals surface area contributed by atoms with Crippen LogP contribution >= 0.6 is 11.3 Å². The van der Waals surface area contributed by atoms with E-state index < -0.39 is 5.60 Å². The number of thiophene rings is 1. The smallest absolute Gasteiger partial charge is 0.254 e. The lowest BCUT2D eigenvalue weighted by atomic mass is 10.0. The highest BCUT2D eigenvalue weighted by Gasteiger charge is 2.26. The van der Waals surface area contributed by atoms with Crippen LogP contribution < -0.4 is 5.32 Å². The lowest BCUT2D eigenvalue weighted by molar-refractivity contribution is 0.0557. The molecule has 3 rings (SSSR count). The maximum Gasteiger partial charge on any atom is 0.254 e. The van der Waals surface area contributed by atoms with Crippen LogP contribution in [0.2, 0.25) is 0 Å². The number of nitrogens with one attached hydrogen (secondary N) is 1. The molecule has 0 fully saturated rings. The van der Waals surface area contributed by atoms with Crippen LogP contribution in [-0.4, -0.2) is 17.6 Å². The van der Waals surface area contributed by atoms with Crippen LogP contribution in [0.25, 0.3) is 10.1 Å². The average molecular weight is 301 g/mol. The van der Waals surface area contributed by atoms with E-state index in [2.05, 4.69) is 5.32 Å². The van der Waals surface area contributed by atoms with E-state index in [4.69, 9.17) is 4.42 Å². The molecule has 0 saturated heterocycles. The Kier molecular flexibility index (Phi) is 3.53. The zero-order chi connectivity index (χ0) is 14.9. The molecular formula is C16H15NO3S. The molecule has 2 heterocycles. The van der Waals surface area contributed by atoms with Crippen molar-refractivity contribution in [3.63, 3.8) is 0 Å². The van der Waals surface area contributed by atoms with Gasteiger partial charge in [0.1, 0.15) is 11.9 Å². The third-order valence-corrected chi connectivity index (χ3v) is 4.70. The summed E-state index contributed by atoms with van der Waals surface area (Å²) in [7, 11) is 0. The first-order chi connectivity index (χ1) is 10.1. The van der Waals surface area contributed by atoms with E-state index in [1.54, 1.807) is 13.0 Å². The van der Waals surface area contributed by atoms with Crippen molar-refractivity contribution >= 4 is 27.3 Å². The lowest BCUT2D eigenvalue weighted by Crippen LogP contribution is -2.37. The van der Waals surface area contributed by atoms with Gasteiger partial charge < -0.3 is 14.8 Å². The van der Waals surface area contributed by atoms with Crippen LogP contribution in [0, 0.1) is 0 Å². The van der Waals surface area contributed by atoms with Crippen molar-refractivity contribution in [2.24, 2.45) is 0 Å². The SMILES string of the molecule is CC(O)(CNC(=O)c1ccoc1)c1cc2ccccc2s1. The number of hydrogen-bond donors (Lipinski definition) is 2. The molecule has 5 heteroatoms. The van der Waals surface area contributed by atoms with E-state index in [0.717, 1.165) is 15.0 Å². The van der Waals surface area contributed by atoms with E-state index in [-0.39, 0.29) is 12.5 Å². The molecule has 108 valence electrons. The molecule has 0 aliphatic heterocycles. The van der Waals surface area contributed by atoms with E-state index in [1.165, 1.54) is 23.9 Å². The zero-order valence-corrected chi connectivity index (χ0v) is 12.3. The predicted molar refractivity (Wildman–Crippen MR) is 82.4 cm³/mol. The van der Waals surface area contributed by atoms with Crippen molar-refractivity contribution in [2.45, 2.75) is 12.5 Å². The maximum atomic E-state index is 11.9. The molecule has 1 amide bonds. The van der Waals surface area contributed by atoms with Gasteiger partial charge in [-0.2, -0.15) is 0 Å². The molecule has 0 spiro atoms. The van der Waals surface area contributed by atoms with E-state index >= 15 is 0 Å². The molecule has 0 aliphatic carbocycles. The number of fused-ring (bicyclic) bond motifs is 1. The number of amides is 1. The van der Waals surface area contributed by atoms with Crippen molar-refractivity contribution in [3.05, 3.63) is 59.4 Å². The standard InChI is InChI=1S/C16H15NO3S/c1-16(19,10-17-15(18)12-6-7-20-9-12)14-8-11-4-2-3-5-13(11)21-14/h2-9,19H,10H2,1H3,(H,17,18). The van der Waals surface area contributed by atoms with Crippen LogP contribution in [0.5, 0.6) is 0 Å². The topological polar surface area (TPSA) is 62.5 Å². The van der Waals surface area contributed by atoms with Gasteiger partial charge in [0.25, 0.3) is 5.91 Å². The summed E-state index contributed by atoms with van der Waals surface area (Å²) >= 11 is 1.53. The summed E-state index contributed by atoms with van der Waals surface area (Å²) < 4.78 is 5.99. The van der Waals surface area contributed by atoms with Gasteiger partial charge in [0.2, 0.25) is 0 Å². The van der Waals surface area contributed by atoms with Gasteiger partial charge in [-0.15, -0.1) is 11.3 Å². The van der Waals surface area contributed by atoms with Gasteiger partial charge in [-0.1, -0.05) is 18.2 Å². The first-order valence-corrected chi connectivity index (χ1v) is 7.40. The summed E-state index contributed by atoms with van der Waals surface area (Å²) in [4.78, 5) is 12.7. The Labute approximate surface area is 126 Å². The van der Waals surface area contributed by atoms with Crippen molar-refractivity contribution < 1.29 is 14.3 Å². The Morgan fingerprint density at radius 2 is 2.19 bits per heavy atom. The number of benzene rings is 1. The highest BCUT2D eigenvalue weighted by Crippen LogP contribution is 2.32. The minimum atomic E-state index is -1.11. The molecule has 1 atom stereocenters. The molecule has 0 radical (unpaired) electrons. The molecule has 3 aromatic rings. The van der Waals surface area contributed by atoms with E-state index in [9.17, 15) is 9.90 Å².